The molecule has 328 valence electrons. The number of aliphatic carboxylic acids is 1. The molecule has 8 heteroatoms. The minimum absolute atomic E-state index is 0.0283. The topological polar surface area (TPSA) is 102 Å². The third-order valence-electron chi connectivity index (χ3n) is 9.98. The summed E-state index contributed by atoms with van der Waals surface area (Å²) in [5.41, 5.74) is 0. The number of carbonyl (C=O) groups is 3. The van der Waals surface area contributed by atoms with E-state index >= 15 is 0 Å². The molecule has 2 atom stereocenters. The maximum Gasteiger partial charge on any atom is 0.306 e. The monoisotopic (exact) mass is 800 g/mol. The maximum absolute atomic E-state index is 12.7. The number of rotatable bonds is 40. The first-order valence-corrected chi connectivity index (χ1v) is 22.9. The lowest BCUT2D eigenvalue weighted by Gasteiger charge is -2.34. The molecule has 0 aromatic rings. The van der Waals surface area contributed by atoms with E-state index in [1.807, 2.05) is 0 Å². The number of ether oxygens (including phenoxy) is 3. The van der Waals surface area contributed by atoms with Gasteiger partial charge >= 0.3 is 11.9 Å². The molecule has 0 aliphatic carbocycles. The molecule has 0 aliphatic heterocycles. The lowest BCUT2D eigenvalue weighted by atomic mass is 10.1. The van der Waals surface area contributed by atoms with E-state index in [0.717, 1.165) is 83.5 Å². The van der Waals surface area contributed by atoms with E-state index < -0.39 is 18.1 Å². The van der Waals surface area contributed by atoms with Gasteiger partial charge in [-0.3, -0.25) is 9.59 Å². The number of hydrogen-bond acceptors (Lipinski definition) is 7. The Hall–Kier alpha value is -2.97. The summed E-state index contributed by atoms with van der Waals surface area (Å²) in [6.45, 7) is 4.49. The van der Waals surface area contributed by atoms with Crippen LogP contribution in [0.5, 0.6) is 0 Å². The molecule has 0 bridgehead atoms. The number of nitrogens with zero attached hydrogens (tertiary/aromatic N) is 1. The smallest absolute Gasteiger partial charge is 0.306 e. The van der Waals surface area contributed by atoms with Crippen molar-refractivity contribution in [2.45, 2.75) is 193 Å². The zero-order valence-corrected chi connectivity index (χ0v) is 37.2. The van der Waals surface area contributed by atoms with Crippen molar-refractivity contribution in [1.82, 2.24) is 0 Å². The van der Waals surface area contributed by atoms with Gasteiger partial charge < -0.3 is 28.6 Å². The molecule has 57 heavy (non-hydrogen) atoms. The van der Waals surface area contributed by atoms with Gasteiger partial charge in [0.15, 0.2) is 6.10 Å². The Morgan fingerprint density at radius 3 is 1.46 bits per heavy atom. The summed E-state index contributed by atoms with van der Waals surface area (Å²) in [6, 6.07) is -0.732. The first kappa shape index (κ1) is 54.0. The molecule has 0 fully saturated rings. The third kappa shape index (κ3) is 38.3. The summed E-state index contributed by atoms with van der Waals surface area (Å²) in [7, 11) is 5.39. The molecule has 0 saturated carbocycles. The van der Waals surface area contributed by atoms with Crippen LogP contribution >= 0.6 is 0 Å². The number of likely N-dealkylation sites (N-methyl/N-ethyl adjacent to an activating group) is 1. The molecule has 0 aromatic heterocycles. The lowest BCUT2D eigenvalue weighted by molar-refractivity contribution is -0.889. The maximum atomic E-state index is 12.7. The number of carbonyl (C=O) groups excluding carboxylic acids is 3. The van der Waals surface area contributed by atoms with Gasteiger partial charge in [-0.25, -0.2) is 0 Å². The second kappa shape index (κ2) is 39.8. The number of hydrogen-bond donors (Lipinski definition) is 0. The minimum Gasteiger partial charge on any atom is -0.544 e. The molecule has 0 amide bonds. The van der Waals surface area contributed by atoms with Crippen LogP contribution in [0.4, 0.5) is 0 Å². The summed E-state index contributed by atoms with van der Waals surface area (Å²) in [5.74, 6) is -1.77. The predicted molar refractivity (Wildman–Crippen MR) is 236 cm³/mol. The van der Waals surface area contributed by atoms with E-state index in [2.05, 4.69) is 74.6 Å². The van der Waals surface area contributed by atoms with Gasteiger partial charge in [-0.15, -0.1) is 0 Å². The first-order chi connectivity index (χ1) is 27.6. The van der Waals surface area contributed by atoms with Crippen LogP contribution < -0.4 is 5.11 Å². The van der Waals surface area contributed by atoms with Gasteiger partial charge in [-0.05, 0) is 57.8 Å². The molecular weight excluding hydrogens is 715 g/mol. The number of carboxylic acid groups (broad SMARTS) is 1. The molecule has 0 N–H and O–H groups in total. The van der Waals surface area contributed by atoms with E-state index in [-0.39, 0.29) is 42.7 Å². The fraction of sp³-hybridized carbons (Fsp3) is 0.735. The summed E-state index contributed by atoms with van der Waals surface area (Å²) >= 11 is 0. The third-order valence-corrected chi connectivity index (χ3v) is 9.98. The molecule has 2 unspecified atom stereocenters. The van der Waals surface area contributed by atoms with Gasteiger partial charge in [0.25, 0.3) is 0 Å². The van der Waals surface area contributed by atoms with Crippen molar-refractivity contribution in [3.63, 3.8) is 0 Å². The van der Waals surface area contributed by atoms with Crippen LogP contribution in [0.25, 0.3) is 0 Å². The summed E-state index contributed by atoms with van der Waals surface area (Å²) in [6.07, 6.45) is 48.1. The van der Waals surface area contributed by atoms with E-state index in [4.69, 9.17) is 14.2 Å². The highest BCUT2D eigenvalue weighted by atomic mass is 16.6. The Morgan fingerprint density at radius 1 is 0.544 bits per heavy atom. The molecule has 0 heterocycles. The van der Waals surface area contributed by atoms with Crippen LogP contribution in [0.2, 0.25) is 0 Å². The second-order valence-electron chi connectivity index (χ2n) is 16.3. The van der Waals surface area contributed by atoms with Gasteiger partial charge in [0, 0.05) is 19.3 Å². The minimum atomic E-state index is -1.13. The predicted octanol–water partition coefficient (Wildman–Crippen LogP) is 11.2. The van der Waals surface area contributed by atoms with Crippen LogP contribution in [-0.2, 0) is 28.6 Å². The number of quaternary nitrogens is 1. The quantitative estimate of drug-likeness (QED) is 0.0263. The number of allylic oxidation sites excluding steroid dienone is 10. The zero-order chi connectivity index (χ0) is 42.1. The van der Waals surface area contributed by atoms with Crippen molar-refractivity contribution in [2.24, 2.45) is 0 Å². The van der Waals surface area contributed by atoms with Crippen LogP contribution in [0, 0.1) is 0 Å². The van der Waals surface area contributed by atoms with Gasteiger partial charge in [-0.1, -0.05) is 164 Å². The molecule has 0 radical (unpaired) electrons. The van der Waals surface area contributed by atoms with Crippen molar-refractivity contribution in [3.05, 3.63) is 60.8 Å². The van der Waals surface area contributed by atoms with Gasteiger partial charge in [0.2, 0.25) is 0 Å². The van der Waals surface area contributed by atoms with Gasteiger partial charge in [0.1, 0.15) is 12.6 Å². The molecule has 0 aromatic carbocycles. The average Bonchev–Trinajstić information content (AvgIpc) is 3.17. The molecular formula is C49H85NO7. The number of unbranched alkanes of at least 4 members (excludes halogenated alkanes) is 19. The van der Waals surface area contributed by atoms with Gasteiger partial charge in [0.05, 0.1) is 40.3 Å². The van der Waals surface area contributed by atoms with Crippen LogP contribution in [0.15, 0.2) is 60.8 Å². The van der Waals surface area contributed by atoms with Crippen molar-refractivity contribution in [2.75, 3.05) is 41.0 Å². The highest BCUT2D eigenvalue weighted by Crippen LogP contribution is 2.13. The van der Waals surface area contributed by atoms with E-state index in [0.29, 0.717) is 12.8 Å². The standard InChI is InChI=1S/C49H85NO7/c1-6-8-10-12-14-16-18-20-22-23-24-26-28-30-32-34-36-38-40-48(52)57-45(43-55-42-41-46(49(53)54)50(3,4)5)44-56-47(51)39-37-35-33-31-29-27-25-21-19-17-15-13-11-9-7-2/h9,11,13,15,17,19,22-24,26,45-46H,6-8,10,12,14,16,18,20-21,25,27-44H2,1-5H3/b11-9+,15-13+,19-17+,23-22+,26-24+. The van der Waals surface area contributed by atoms with E-state index in [1.54, 1.807) is 21.1 Å². The number of esters is 2. The fourth-order valence-corrected chi connectivity index (χ4v) is 6.41. The summed E-state index contributed by atoms with van der Waals surface area (Å²) < 4.78 is 17.2. The fourth-order valence-electron chi connectivity index (χ4n) is 6.41. The summed E-state index contributed by atoms with van der Waals surface area (Å²) in [4.78, 5) is 36.9. The lowest BCUT2D eigenvalue weighted by Crippen LogP contribution is -2.55. The largest absolute Gasteiger partial charge is 0.544 e. The Morgan fingerprint density at radius 2 is 0.982 bits per heavy atom. The average molecular weight is 800 g/mol. The highest BCUT2D eigenvalue weighted by molar-refractivity contribution is 5.70. The van der Waals surface area contributed by atoms with Crippen LogP contribution in [0.1, 0.15) is 181 Å². The zero-order valence-electron chi connectivity index (χ0n) is 37.2. The Balaban J connectivity index is 4.38. The Labute approximate surface area is 349 Å². The second-order valence-corrected chi connectivity index (χ2v) is 16.3. The first-order valence-electron chi connectivity index (χ1n) is 22.9. The van der Waals surface area contributed by atoms with Gasteiger partial charge in [-0.2, -0.15) is 0 Å². The van der Waals surface area contributed by atoms with Crippen LogP contribution in [0.3, 0.4) is 0 Å². The normalized spacial score (nSPS) is 13.5. The SMILES string of the molecule is CC/C=C/C=C/C=C/CCCCCCCCCC(=O)OCC(COCCC(C(=O)[O-])[N+](C)(C)C)OC(=O)CCCCCCC/C=C/C=C/CCCCCCCCC. The molecule has 0 rings (SSSR count). The van der Waals surface area contributed by atoms with E-state index in [1.165, 1.54) is 64.2 Å². The Bertz CT molecular complexity index is 1120. The van der Waals surface area contributed by atoms with Crippen molar-refractivity contribution in [3.8, 4) is 0 Å². The molecule has 0 aliphatic rings. The molecule has 8 nitrogen and oxygen atoms in total. The number of carboxylic acids is 1. The Kier molecular flexibility index (Phi) is 37.8. The van der Waals surface area contributed by atoms with Crippen LogP contribution in [-0.4, -0.2) is 75.5 Å². The van der Waals surface area contributed by atoms with Crippen molar-refractivity contribution in [1.29, 1.82) is 0 Å². The highest BCUT2D eigenvalue weighted by Gasteiger charge is 2.25. The summed E-state index contributed by atoms with van der Waals surface area (Å²) in [5, 5.41) is 11.6. The molecule has 0 spiro atoms. The van der Waals surface area contributed by atoms with E-state index in [9.17, 15) is 19.5 Å². The van der Waals surface area contributed by atoms with Crippen molar-refractivity contribution < 1.29 is 38.2 Å². The molecule has 0 saturated heterocycles. The van der Waals surface area contributed by atoms with Crippen molar-refractivity contribution >= 4 is 17.9 Å².